The number of aromatic nitrogens is 2. The average molecular weight is 430 g/mol. The molecule has 1 aliphatic heterocycles. The Kier molecular flexibility index (Phi) is 8.77. The Hall–Kier alpha value is -2.32. The number of hydrogen-bond donors (Lipinski definition) is 2. The molecule has 2 amide bonds. The van der Waals surface area contributed by atoms with Gasteiger partial charge >= 0.3 is 0 Å². The zero-order valence-corrected chi connectivity index (χ0v) is 18.5. The van der Waals surface area contributed by atoms with Gasteiger partial charge in [-0.15, -0.1) is 10.2 Å². The number of amides is 2. The molecule has 0 spiro atoms. The number of rotatable bonds is 10. The Bertz CT molecular complexity index is 815. The van der Waals surface area contributed by atoms with Gasteiger partial charge in [0.1, 0.15) is 5.01 Å². The summed E-state index contributed by atoms with van der Waals surface area (Å²) in [5.74, 6) is -0.176. The molecule has 0 unspecified atom stereocenters. The molecular weight excluding hydrogens is 398 g/mol. The van der Waals surface area contributed by atoms with E-state index in [4.69, 9.17) is 0 Å². The first kappa shape index (κ1) is 22.4. The number of nitrogens with one attached hydrogen (secondary N) is 2. The number of anilines is 1. The van der Waals surface area contributed by atoms with Gasteiger partial charge in [0, 0.05) is 25.1 Å². The second-order valence-electron chi connectivity index (χ2n) is 7.78. The van der Waals surface area contributed by atoms with E-state index in [2.05, 4.69) is 25.7 Å². The van der Waals surface area contributed by atoms with Crippen LogP contribution in [0.1, 0.15) is 58.9 Å². The molecule has 0 aliphatic carbocycles. The lowest BCUT2D eigenvalue weighted by molar-refractivity contribution is -0.121. The lowest BCUT2D eigenvalue weighted by atomic mass is 10.1. The Morgan fingerprint density at radius 2 is 1.83 bits per heavy atom. The third-order valence-electron chi connectivity index (χ3n) is 5.19. The molecule has 1 aromatic heterocycles. The predicted molar refractivity (Wildman–Crippen MR) is 120 cm³/mol. The van der Waals surface area contributed by atoms with Crippen LogP contribution in [0, 0.1) is 6.92 Å². The van der Waals surface area contributed by atoms with E-state index in [9.17, 15) is 9.59 Å². The first-order valence-corrected chi connectivity index (χ1v) is 11.6. The topological polar surface area (TPSA) is 87.2 Å². The molecule has 1 fully saturated rings. The predicted octanol–water partition coefficient (Wildman–Crippen LogP) is 3.41. The fourth-order valence-corrected chi connectivity index (χ4v) is 4.25. The van der Waals surface area contributed by atoms with E-state index in [1.54, 1.807) is 0 Å². The van der Waals surface area contributed by atoms with Crippen LogP contribution in [0.2, 0.25) is 0 Å². The Morgan fingerprint density at radius 3 is 2.60 bits per heavy atom. The third-order valence-corrected chi connectivity index (χ3v) is 6.17. The van der Waals surface area contributed by atoms with Crippen LogP contribution in [0.5, 0.6) is 0 Å². The summed E-state index contributed by atoms with van der Waals surface area (Å²) in [5, 5.41) is 15.0. The molecule has 1 aliphatic rings. The Labute approximate surface area is 182 Å². The molecule has 0 atom stereocenters. The number of piperidine rings is 1. The molecule has 0 bridgehead atoms. The molecule has 30 heavy (non-hydrogen) atoms. The zero-order valence-electron chi connectivity index (χ0n) is 17.7. The van der Waals surface area contributed by atoms with Gasteiger partial charge < -0.3 is 15.5 Å². The highest BCUT2D eigenvalue weighted by molar-refractivity contribution is 7.13. The summed E-state index contributed by atoms with van der Waals surface area (Å²) in [6, 6.07) is 7.61. The van der Waals surface area contributed by atoms with Gasteiger partial charge in [0.25, 0.3) is 5.91 Å². The minimum Gasteiger partial charge on any atom is -0.356 e. The summed E-state index contributed by atoms with van der Waals surface area (Å²) in [6.45, 7) is 6.19. The van der Waals surface area contributed by atoms with Gasteiger partial charge in [-0.05, 0) is 64.4 Å². The van der Waals surface area contributed by atoms with Crippen molar-refractivity contribution >= 4 is 28.8 Å². The van der Waals surface area contributed by atoms with E-state index < -0.39 is 0 Å². The molecule has 2 aromatic rings. The van der Waals surface area contributed by atoms with Crippen molar-refractivity contribution in [1.82, 2.24) is 20.4 Å². The first-order valence-electron chi connectivity index (χ1n) is 10.8. The van der Waals surface area contributed by atoms with Crippen LogP contribution in [0.4, 0.5) is 5.69 Å². The van der Waals surface area contributed by atoms with Crippen LogP contribution in [0.15, 0.2) is 24.3 Å². The third kappa shape index (κ3) is 7.50. The molecule has 8 heteroatoms. The molecule has 7 nitrogen and oxygen atoms in total. The van der Waals surface area contributed by atoms with Crippen molar-refractivity contribution in [1.29, 1.82) is 0 Å². The summed E-state index contributed by atoms with van der Waals surface area (Å²) >= 11 is 1.28. The number of likely N-dealkylation sites (tertiary alicyclic amines) is 1. The van der Waals surface area contributed by atoms with Crippen LogP contribution in [-0.2, 0) is 11.2 Å². The number of nitrogens with zero attached hydrogens (tertiary/aromatic N) is 3. The second kappa shape index (κ2) is 11.8. The Morgan fingerprint density at radius 1 is 1.07 bits per heavy atom. The van der Waals surface area contributed by atoms with E-state index >= 15 is 0 Å². The van der Waals surface area contributed by atoms with Crippen molar-refractivity contribution in [2.75, 3.05) is 31.5 Å². The summed E-state index contributed by atoms with van der Waals surface area (Å²) in [6.07, 6.45) is 6.76. The highest BCUT2D eigenvalue weighted by atomic mass is 32.1. The van der Waals surface area contributed by atoms with Crippen molar-refractivity contribution in [2.45, 2.75) is 51.9 Å². The smallest absolute Gasteiger partial charge is 0.286 e. The van der Waals surface area contributed by atoms with Crippen LogP contribution in [0.25, 0.3) is 0 Å². The maximum Gasteiger partial charge on any atom is 0.286 e. The minimum absolute atomic E-state index is 0.0792. The number of carbonyl (C=O) groups is 2. The van der Waals surface area contributed by atoms with Crippen molar-refractivity contribution < 1.29 is 9.59 Å². The van der Waals surface area contributed by atoms with Crippen LogP contribution < -0.4 is 10.6 Å². The molecular formula is C22H31N5O2S. The molecule has 162 valence electrons. The van der Waals surface area contributed by atoms with Gasteiger partial charge in [0.2, 0.25) is 10.9 Å². The zero-order chi connectivity index (χ0) is 21.2. The molecule has 3 rings (SSSR count). The monoisotopic (exact) mass is 429 g/mol. The number of hydrogen-bond acceptors (Lipinski definition) is 6. The lowest BCUT2D eigenvalue weighted by Crippen LogP contribution is -2.33. The highest BCUT2D eigenvalue weighted by Gasteiger charge is 2.14. The molecule has 1 aromatic carbocycles. The van der Waals surface area contributed by atoms with Crippen LogP contribution in [-0.4, -0.2) is 53.1 Å². The lowest BCUT2D eigenvalue weighted by Gasteiger charge is -2.26. The van der Waals surface area contributed by atoms with E-state index in [0.29, 0.717) is 24.3 Å². The molecule has 0 saturated carbocycles. The van der Waals surface area contributed by atoms with Gasteiger partial charge in [0.05, 0.1) is 0 Å². The van der Waals surface area contributed by atoms with Crippen molar-refractivity contribution in [3.63, 3.8) is 0 Å². The molecule has 2 heterocycles. The summed E-state index contributed by atoms with van der Waals surface area (Å²) in [5.41, 5.74) is 1.87. The van der Waals surface area contributed by atoms with E-state index in [1.807, 2.05) is 31.2 Å². The maximum atomic E-state index is 12.3. The van der Waals surface area contributed by atoms with E-state index in [-0.39, 0.29) is 11.8 Å². The van der Waals surface area contributed by atoms with Gasteiger partial charge in [0.15, 0.2) is 0 Å². The van der Waals surface area contributed by atoms with E-state index in [0.717, 1.165) is 35.8 Å². The standard InChI is InChI=1S/C22H31N5O2S/c1-17-9-11-18(12-10-17)24-21(29)22-26-25-20(30-22)8-5-7-19(28)23-13-6-16-27-14-3-2-4-15-27/h9-12H,2-8,13-16H2,1H3,(H,23,28)(H,24,29). The summed E-state index contributed by atoms with van der Waals surface area (Å²) < 4.78 is 0. The van der Waals surface area contributed by atoms with Crippen LogP contribution in [0.3, 0.4) is 0 Å². The maximum absolute atomic E-state index is 12.3. The number of carbonyl (C=O) groups excluding carboxylic acids is 2. The van der Waals surface area contributed by atoms with Crippen molar-refractivity contribution in [3.8, 4) is 0 Å². The van der Waals surface area contributed by atoms with Gasteiger partial charge in [-0.2, -0.15) is 0 Å². The number of benzene rings is 1. The minimum atomic E-state index is -0.256. The van der Waals surface area contributed by atoms with E-state index in [1.165, 1.54) is 43.7 Å². The quantitative estimate of drug-likeness (QED) is 0.565. The first-order chi connectivity index (χ1) is 14.6. The largest absolute Gasteiger partial charge is 0.356 e. The fourth-order valence-electron chi connectivity index (χ4n) is 3.47. The second-order valence-corrected chi connectivity index (χ2v) is 8.84. The summed E-state index contributed by atoms with van der Waals surface area (Å²) in [4.78, 5) is 26.8. The molecule has 2 N–H and O–H groups in total. The summed E-state index contributed by atoms with van der Waals surface area (Å²) in [7, 11) is 0. The van der Waals surface area contributed by atoms with Gasteiger partial charge in [-0.1, -0.05) is 35.5 Å². The fraction of sp³-hybridized carbons (Fsp3) is 0.545. The SMILES string of the molecule is Cc1ccc(NC(=O)c2nnc(CCCC(=O)NCCCN3CCCCC3)s2)cc1. The Balaban J connectivity index is 1.30. The van der Waals surface area contributed by atoms with Crippen LogP contribution >= 0.6 is 11.3 Å². The van der Waals surface area contributed by atoms with Gasteiger partial charge in [-0.25, -0.2) is 0 Å². The molecule has 0 radical (unpaired) electrons. The van der Waals surface area contributed by atoms with Crippen molar-refractivity contribution in [2.24, 2.45) is 0 Å². The highest BCUT2D eigenvalue weighted by Crippen LogP contribution is 2.15. The van der Waals surface area contributed by atoms with Gasteiger partial charge in [-0.3, -0.25) is 9.59 Å². The molecule has 1 saturated heterocycles. The number of aryl methyl sites for hydroxylation is 2. The van der Waals surface area contributed by atoms with Crippen molar-refractivity contribution in [3.05, 3.63) is 39.8 Å². The average Bonchev–Trinajstić information content (AvgIpc) is 3.23. The normalized spacial score (nSPS) is 14.4.